The van der Waals surface area contributed by atoms with E-state index in [0.29, 0.717) is 19.3 Å². The van der Waals surface area contributed by atoms with Gasteiger partial charge in [-0.05, 0) is 19.3 Å². The van der Waals surface area contributed by atoms with Crippen LogP contribution in [-0.2, 0) is 9.59 Å². The monoisotopic (exact) mass is 793 g/mol. The third-order valence-corrected chi connectivity index (χ3v) is 12.5. The Kier molecular flexibility index (Phi) is 45.7. The van der Waals surface area contributed by atoms with Crippen LogP contribution in [-0.4, -0.2) is 33.4 Å². The Morgan fingerprint density at radius 2 is 0.536 bits per heavy atom. The van der Waals surface area contributed by atoms with Gasteiger partial charge in [-0.25, -0.2) is 0 Å². The highest BCUT2D eigenvalue weighted by atomic mass is 16.4. The van der Waals surface area contributed by atoms with Crippen LogP contribution in [0.1, 0.15) is 302 Å². The molecule has 5 nitrogen and oxygen atoms in total. The minimum atomic E-state index is -0.811. The molecule has 0 amide bonds. The highest BCUT2D eigenvalue weighted by Gasteiger charge is 2.25. The third-order valence-electron chi connectivity index (χ3n) is 12.5. The van der Waals surface area contributed by atoms with E-state index in [4.69, 9.17) is 5.11 Å². The molecule has 56 heavy (non-hydrogen) atoms. The first-order valence-electron chi connectivity index (χ1n) is 25.6. The molecule has 0 aromatic heterocycles. The van der Waals surface area contributed by atoms with Crippen LogP contribution in [0.15, 0.2) is 0 Å². The SMILES string of the molecule is CCCCCCCCCCCCCCCCCCCCC(C(=O)O)C(O)CCCCCCCCCCCCCCCCCCCCCCCCCCCC(=O)O. The second-order valence-corrected chi connectivity index (χ2v) is 18.1. The van der Waals surface area contributed by atoms with Crippen molar-refractivity contribution in [2.24, 2.45) is 5.92 Å². The molecule has 0 aliphatic heterocycles. The predicted molar refractivity (Wildman–Crippen MR) is 243 cm³/mol. The van der Waals surface area contributed by atoms with Gasteiger partial charge in [-0.3, -0.25) is 9.59 Å². The number of unbranched alkanes of at least 4 members (excludes halogenated alkanes) is 41. The van der Waals surface area contributed by atoms with E-state index in [9.17, 15) is 19.8 Å². The smallest absolute Gasteiger partial charge is 0.309 e. The quantitative estimate of drug-likeness (QED) is 0.0533. The normalized spacial score (nSPS) is 12.7. The minimum absolute atomic E-state index is 0.331. The van der Waals surface area contributed by atoms with Crippen molar-refractivity contribution in [2.45, 2.75) is 308 Å². The molecule has 0 aliphatic carbocycles. The number of carboxylic acids is 2. The number of aliphatic hydroxyl groups excluding tert-OH is 1. The third kappa shape index (κ3) is 44.0. The second kappa shape index (κ2) is 46.6. The Morgan fingerprint density at radius 3 is 0.768 bits per heavy atom. The molecule has 0 rings (SSSR count). The Bertz CT molecular complexity index is 784. The summed E-state index contributed by atoms with van der Waals surface area (Å²) in [6.45, 7) is 2.29. The van der Waals surface area contributed by atoms with Gasteiger partial charge in [0.1, 0.15) is 0 Å². The molecule has 0 fully saturated rings. The predicted octanol–water partition coefficient (Wildman–Crippen LogP) is 17.1. The van der Waals surface area contributed by atoms with E-state index >= 15 is 0 Å². The van der Waals surface area contributed by atoms with Gasteiger partial charge in [0.2, 0.25) is 0 Å². The van der Waals surface area contributed by atoms with Crippen LogP contribution in [0.3, 0.4) is 0 Å². The number of carbonyl (C=O) groups is 2. The molecule has 2 atom stereocenters. The van der Waals surface area contributed by atoms with Crippen LogP contribution in [0.5, 0.6) is 0 Å². The van der Waals surface area contributed by atoms with E-state index in [-0.39, 0.29) is 0 Å². The van der Waals surface area contributed by atoms with Crippen LogP contribution in [0.25, 0.3) is 0 Å². The maximum atomic E-state index is 11.8. The summed E-state index contributed by atoms with van der Waals surface area (Å²) in [6.07, 6.45) is 57.4. The van der Waals surface area contributed by atoms with Crippen LogP contribution < -0.4 is 0 Å². The van der Waals surface area contributed by atoms with Crippen LogP contribution in [0.2, 0.25) is 0 Å². The highest BCUT2D eigenvalue weighted by molar-refractivity contribution is 5.70. The summed E-state index contributed by atoms with van der Waals surface area (Å²) in [6, 6.07) is 0. The number of rotatable bonds is 49. The minimum Gasteiger partial charge on any atom is -0.481 e. The summed E-state index contributed by atoms with van der Waals surface area (Å²) in [5, 5.41) is 29.0. The fourth-order valence-corrected chi connectivity index (χ4v) is 8.64. The van der Waals surface area contributed by atoms with Crippen LogP contribution in [0, 0.1) is 5.92 Å². The maximum absolute atomic E-state index is 11.8. The van der Waals surface area contributed by atoms with E-state index in [1.807, 2.05) is 0 Å². The molecule has 0 spiro atoms. The van der Waals surface area contributed by atoms with Crippen molar-refractivity contribution in [1.29, 1.82) is 0 Å². The zero-order valence-corrected chi connectivity index (χ0v) is 37.8. The lowest BCUT2D eigenvalue weighted by molar-refractivity contribution is -0.146. The number of hydrogen-bond donors (Lipinski definition) is 3. The van der Waals surface area contributed by atoms with Crippen molar-refractivity contribution in [1.82, 2.24) is 0 Å². The van der Waals surface area contributed by atoms with Gasteiger partial charge in [0.25, 0.3) is 0 Å². The Labute approximate surface area is 350 Å². The summed E-state index contributed by atoms with van der Waals surface area (Å²) in [7, 11) is 0. The van der Waals surface area contributed by atoms with Gasteiger partial charge in [0.05, 0.1) is 12.0 Å². The lowest BCUT2D eigenvalue weighted by Crippen LogP contribution is -2.28. The molecule has 0 aromatic carbocycles. The van der Waals surface area contributed by atoms with Gasteiger partial charge in [-0.15, -0.1) is 0 Å². The first kappa shape index (κ1) is 54.9. The summed E-state index contributed by atoms with van der Waals surface area (Å²) >= 11 is 0. The standard InChI is InChI=1S/C51H100O5/c1-2-3-4-5-6-7-8-9-10-11-21-24-27-30-33-36-39-42-45-48(51(55)56)49(52)46-43-40-37-34-31-28-25-22-19-17-15-13-12-14-16-18-20-23-26-29-32-35-38-41-44-47-50(53)54/h48-49,52H,2-47H2,1H3,(H,53,54)(H,55,56). The van der Waals surface area contributed by atoms with E-state index in [2.05, 4.69) is 6.92 Å². The van der Waals surface area contributed by atoms with Crippen molar-refractivity contribution in [3.8, 4) is 0 Å². The fraction of sp³-hybridized carbons (Fsp3) is 0.961. The largest absolute Gasteiger partial charge is 0.481 e. The van der Waals surface area contributed by atoms with Gasteiger partial charge in [-0.2, -0.15) is 0 Å². The summed E-state index contributed by atoms with van der Waals surface area (Å²) in [5.41, 5.74) is 0. The number of aliphatic carboxylic acids is 2. The van der Waals surface area contributed by atoms with Crippen LogP contribution in [0.4, 0.5) is 0 Å². The van der Waals surface area contributed by atoms with E-state index in [1.54, 1.807) is 0 Å². The molecule has 0 saturated heterocycles. The summed E-state index contributed by atoms with van der Waals surface area (Å²) < 4.78 is 0. The highest BCUT2D eigenvalue weighted by Crippen LogP contribution is 2.22. The lowest BCUT2D eigenvalue weighted by atomic mass is 9.91. The Hall–Kier alpha value is -1.10. The Morgan fingerprint density at radius 1 is 0.321 bits per heavy atom. The van der Waals surface area contributed by atoms with Crippen molar-refractivity contribution >= 4 is 11.9 Å². The molecule has 2 unspecified atom stereocenters. The molecule has 5 heteroatoms. The van der Waals surface area contributed by atoms with Crippen molar-refractivity contribution in [2.75, 3.05) is 0 Å². The molecule has 0 saturated carbocycles. The summed E-state index contributed by atoms with van der Waals surface area (Å²) in [4.78, 5) is 22.4. The first-order chi connectivity index (χ1) is 27.5. The number of aliphatic hydroxyl groups is 1. The topological polar surface area (TPSA) is 94.8 Å². The molecule has 0 aliphatic rings. The van der Waals surface area contributed by atoms with Crippen molar-refractivity contribution in [3.63, 3.8) is 0 Å². The van der Waals surface area contributed by atoms with E-state index in [0.717, 1.165) is 38.5 Å². The van der Waals surface area contributed by atoms with E-state index < -0.39 is 24.0 Å². The first-order valence-corrected chi connectivity index (χ1v) is 25.6. The van der Waals surface area contributed by atoms with Crippen molar-refractivity contribution < 1.29 is 24.9 Å². The lowest BCUT2D eigenvalue weighted by Gasteiger charge is -2.19. The van der Waals surface area contributed by atoms with Gasteiger partial charge in [-0.1, -0.05) is 277 Å². The van der Waals surface area contributed by atoms with Crippen molar-refractivity contribution in [3.05, 3.63) is 0 Å². The second-order valence-electron chi connectivity index (χ2n) is 18.1. The molecule has 0 aromatic rings. The molecule has 0 heterocycles. The zero-order chi connectivity index (χ0) is 40.8. The van der Waals surface area contributed by atoms with Gasteiger partial charge in [0, 0.05) is 6.42 Å². The molecule has 3 N–H and O–H groups in total. The molecule has 0 radical (unpaired) electrons. The Balaban J connectivity index is 3.40. The van der Waals surface area contributed by atoms with Gasteiger partial charge >= 0.3 is 11.9 Å². The average Bonchev–Trinajstić information content (AvgIpc) is 3.18. The molecular formula is C51H100O5. The molecular weight excluding hydrogens is 693 g/mol. The summed E-state index contributed by atoms with van der Waals surface area (Å²) in [5.74, 6) is -2.06. The van der Waals surface area contributed by atoms with Gasteiger partial charge in [0.15, 0.2) is 0 Å². The van der Waals surface area contributed by atoms with E-state index in [1.165, 1.54) is 238 Å². The number of carboxylic acid groups (broad SMARTS) is 2. The van der Waals surface area contributed by atoms with Gasteiger partial charge < -0.3 is 15.3 Å². The average molecular weight is 793 g/mol. The molecule has 334 valence electrons. The molecule has 0 bridgehead atoms. The van der Waals surface area contributed by atoms with Crippen LogP contribution >= 0.6 is 0 Å². The zero-order valence-electron chi connectivity index (χ0n) is 37.8. The fourth-order valence-electron chi connectivity index (χ4n) is 8.64. The maximum Gasteiger partial charge on any atom is 0.309 e. The number of hydrogen-bond acceptors (Lipinski definition) is 3.